The third-order valence-electron chi connectivity index (χ3n) is 3.54. The minimum Gasteiger partial charge on any atom is -0.333 e. The molecule has 0 bridgehead atoms. The summed E-state index contributed by atoms with van der Waals surface area (Å²) in [6.07, 6.45) is 4.80. The van der Waals surface area contributed by atoms with Crippen LogP contribution in [0.5, 0.6) is 0 Å². The maximum Gasteiger partial charge on any atom is 0.246 e. The van der Waals surface area contributed by atoms with Gasteiger partial charge in [-0.05, 0) is 34.1 Å². The molecule has 0 saturated carbocycles. The van der Waals surface area contributed by atoms with Crippen molar-refractivity contribution in [2.75, 3.05) is 18.9 Å². The molecule has 0 fully saturated rings. The standard InChI is InChI=1S/C17H14BrClN4O2S/c1-22(10-14(24)20-12-5-3-2-4-11(12)18)15(25)7-6-13-16(19)21-17-23(13)8-9-26-17/h2-9H,10H2,1H3,(H,20,24)/b7-6+. The summed E-state index contributed by atoms with van der Waals surface area (Å²) in [4.78, 5) is 30.7. The van der Waals surface area contributed by atoms with E-state index < -0.39 is 0 Å². The van der Waals surface area contributed by atoms with Crippen molar-refractivity contribution in [3.8, 4) is 0 Å². The molecule has 0 aliphatic rings. The highest BCUT2D eigenvalue weighted by atomic mass is 79.9. The van der Waals surface area contributed by atoms with Gasteiger partial charge in [-0.2, -0.15) is 0 Å². The van der Waals surface area contributed by atoms with Gasteiger partial charge in [-0.25, -0.2) is 4.98 Å². The average Bonchev–Trinajstić information content (AvgIpc) is 3.15. The largest absolute Gasteiger partial charge is 0.333 e. The number of rotatable bonds is 5. The molecular weight excluding hydrogens is 440 g/mol. The lowest BCUT2D eigenvalue weighted by atomic mass is 10.3. The summed E-state index contributed by atoms with van der Waals surface area (Å²) in [7, 11) is 1.56. The molecule has 1 aromatic carbocycles. The van der Waals surface area contributed by atoms with E-state index in [1.165, 1.54) is 22.3 Å². The lowest BCUT2D eigenvalue weighted by Gasteiger charge is -2.15. The number of hydrogen-bond donors (Lipinski definition) is 1. The number of aromatic nitrogens is 2. The number of hydrogen-bond acceptors (Lipinski definition) is 4. The first-order valence-electron chi connectivity index (χ1n) is 7.54. The molecule has 2 amide bonds. The number of fused-ring (bicyclic) bond motifs is 1. The zero-order chi connectivity index (χ0) is 18.7. The highest BCUT2D eigenvalue weighted by Gasteiger charge is 2.13. The van der Waals surface area contributed by atoms with Crippen molar-refractivity contribution >= 4 is 67.4 Å². The highest BCUT2D eigenvalue weighted by molar-refractivity contribution is 9.10. The quantitative estimate of drug-likeness (QED) is 0.595. The van der Waals surface area contributed by atoms with E-state index in [4.69, 9.17) is 11.6 Å². The predicted molar refractivity (Wildman–Crippen MR) is 108 cm³/mol. The van der Waals surface area contributed by atoms with Crippen molar-refractivity contribution in [3.05, 3.63) is 57.2 Å². The first-order chi connectivity index (χ1) is 12.5. The number of imidazole rings is 1. The zero-order valence-electron chi connectivity index (χ0n) is 13.6. The van der Waals surface area contributed by atoms with E-state index in [0.717, 1.165) is 9.43 Å². The molecular formula is C17H14BrClN4O2S. The van der Waals surface area contributed by atoms with Crippen LogP contribution in [0.2, 0.25) is 5.15 Å². The molecule has 0 aliphatic heterocycles. The molecule has 26 heavy (non-hydrogen) atoms. The van der Waals surface area contributed by atoms with E-state index in [1.807, 2.05) is 29.8 Å². The van der Waals surface area contributed by atoms with E-state index >= 15 is 0 Å². The number of halogens is 2. The number of nitrogens with zero attached hydrogens (tertiary/aromatic N) is 3. The van der Waals surface area contributed by atoms with Crippen LogP contribution < -0.4 is 5.32 Å². The Morgan fingerprint density at radius 1 is 1.42 bits per heavy atom. The van der Waals surface area contributed by atoms with Crippen LogP contribution in [-0.2, 0) is 9.59 Å². The lowest BCUT2D eigenvalue weighted by Crippen LogP contribution is -2.33. The van der Waals surface area contributed by atoms with Gasteiger partial charge in [0.1, 0.15) is 0 Å². The molecule has 3 aromatic rings. The second-order valence-corrected chi connectivity index (χ2v) is 7.48. The van der Waals surface area contributed by atoms with Crippen molar-refractivity contribution in [1.82, 2.24) is 14.3 Å². The van der Waals surface area contributed by atoms with E-state index in [2.05, 4.69) is 26.2 Å². The SMILES string of the molecule is CN(CC(=O)Nc1ccccc1Br)C(=O)/C=C/c1c(Cl)nc2sccn12. The van der Waals surface area contributed by atoms with Crippen LogP contribution in [0.25, 0.3) is 11.0 Å². The molecule has 0 unspecified atom stereocenters. The van der Waals surface area contributed by atoms with Gasteiger partial charge in [0.25, 0.3) is 0 Å². The number of benzene rings is 1. The Morgan fingerprint density at radius 3 is 2.96 bits per heavy atom. The summed E-state index contributed by atoms with van der Waals surface area (Å²) in [5, 5.41) is 4.97. The molecule has 2 aromatic heterocycles. The molecule has 1 N–H and O–H groups in total. The third-order valence-corrected chi connectivity index (χ3v) is 5.27. The number of anilines is 1. The van der Waals surface area contributed by atoms with Crippen molar-refractivity contribution < 1.29 is 9.59 Å². The van der Waals surface area contributed by atoms with Gasteiger partial charge in [-0.15, -0.1) is 11.3 Å². The molecule has 6 nitrogen and oxygen atoms in total. The van der Waals surface area contributed by atoms with Gasteiger partial charge < -0.3 is 10.2 Å². The zero-order valence-corrected chi connectivity index (χ0v) is 16.8. The Kier molecular flexibility index (Phi) is 5.75. The van der Waals surface area contributed by atoms with Crippen molar-refractivity contribution in [2.45, 2.75) is 0 Å². The summed E-state index contributed by atoms with van der Waals surface area (Å²) in [6.45, 7) is -0.0709. The van der Waals surface area contributed by atoms with Gasteiger partial charge in [0.05, 0.1) is 17.9 Å². The second kappa shape index (κ2) is 8.03. The minimum absolute atomic E-state index is 0.0709. The van der Waals surface area contributed by atoms with Crippen LogP contribution in [-0.4, -0.2) is 39.7 Å². The van der Waals surface area contributed by atoms with Gasteiger partial charge in [0, 0.05) is 29.2 Å². The normalized spacial score (nSPS) is 11.2. The average molecular weight is 454 g/mol. The van der Waals surface area contributed by atoms with Crippen LogP contribution >= 0.6 is 38.9 Å². The molecule has 2 heterocycles. The van der Waals surface area contributed by atoms with Gasteiger partial charge in [0.15, 0.2) is 10.1 Å². The molecule has 0 saturated heterocycles. The molecule has 3 rings (SSSR count). The molecule has 134 valence electrons. The molecule has 9 heteroatoms. The second-order valence-electron chi connectivity index (χ2n) is 5.40. The Labute approximate surface area is 167 Å². The van der Waals surface area contributed by atoms with Crippen molar-refractivity contribution in [1.29, 1.82) is 0 Å². The van der Waals surface area contributed by atoms with Gasteiger partial charge in [-0.1, -0.05) is 23.7 Å². The minimum atomic E-state index is -0.312. The maximum absolute atomic E-state index is 12.3. The molecule has 0 spiro atoms. The van der Waals surface area contributed by atoms with Crippen LogP contribution in [0.3, 0.4) is 0 Å². The summed E-state index contributed by atoms with van der Waals surface area (Å²) < 4.78 is 2.58. The monoisotopic (exact) mass is 452 g/mol. The van der Waals surface area contributed by atoms with Crippen LogP contribution in [0, 0.1) is 0 Å². The fourth-order valence-corrected chi connectivity index (χ4v) is 3.64. The van der Waals surface area contributed by atoms with Crippen LogP contribution in [0.1, 0.15) is 5.69 Å². The predicted octanol–water partition coefficient (Wildman–Crippen LogP) is 3.92. The first-order valence-corrected chi connectivity index (χ1v) is 9.59. The molecule has 0 radical (unpaired) electrons. The summed E-state index contributed by atoms with van der Waals surface area (Å²) >= 11 is 10.9. The third kappa shape index (κ3) is 4.14. The topological polar surface area (TPSA) is 66.7 Å². The molecule has 0 aliphatic carbocycles. The van der Waals surface area contributed by atoms with E-state index in [-0.39, 0.29) is 18.4 Å². The lowest BCUT2D eigenvalue weighted by molar-refractivity contribution is -0.129. The van der Waals surface area contributed by atoms with Crippen molar-refractivity contribution in [2.24, 2.45) is 0 Å². The van der Waals surface area contributed by atoms with Crippen LogP contribution in [0.15, 0.2) is 46.4 Å². The van der Waals surface area contributed by atoms with E-state index in [1.54, 1.807) is 23.6 Å². The summed E-state index contributed by atoms with van der Waals surface area (Å²) in [5.41, 5.74) is 1.28. The van der Waals surface area contributed by atoms with Gasteiger partial charge in [0.2, 0.25) is 11.8 Å². The van der Waals surface area contributed by atoms with Crippen molar-refractivity contribution in [3.63, 3.8) is 0 Å². The number of carbonyl (C=O) groups excluding carboxylic acids is 2. The maximum atomic E-state index is 12.3. The number of amides is 2. The highest BCUT2D eigenvalue weighted by Crippen LogP contribution is 2.23. The summed E-state index contributed by atoms with van der Waals surface area (Å²) in [5.74, 6) is -0.600. The summed E-state index contributed by atoms with van der Waals surface area (Å²) in [6, 6.07) is 7.27. The van der Waals surface area contributed by atoms with E-state index in [0.29, 0.717) is 16.5 Å². The Morgan fingerprint density at radius 2 is 2.19 bits per heavy atom. The smallest absolute Gasteiger partial charge is 0.246 e. The number of likely N-dealkylation sites (N-methyl/N-ethyl adjacent to an activating group) is 1. The Balaban J connectivity index is 1.62. The molecule has 0 atom stereocenters. The van der Waals surface area contributed by atoms with E-state index in [9.17, 15) is 9.59 Å². The van der Waals surface area contributed by atoms with Gasteiger partial charge >= 0.3 is 0 Å². The van der Waals surface area contributed by atoms with Gasteiger partial charge in [-0.3, -0.25) is 14.0 Å². The number of carbonyl (C=O) groups is 2. The number of para-hydroxylation sites is 1. The number of nitrogens with one attached hydrogen (secondary N) is 1. The Hall–Kier alpha value is -2.16. The van der Waals surface area contributed by atoms with Crippen LogP contribution in [0.4, 0.5) is 5.69 Å². The fraction of sp³-hybridized carbons (Fsp3) is 0.118. The first kappa shape index (κ1) is 18.6. The fourth-order valence-electron chi connectivity index (χ4n) is 2.25. The number of thiazole rings is 1. The Bertz CT molecular complexity index is 998.